The van der Waals surface area contributed by atoms with E-state index in [1.165, 1.54) is 6.92 Å². The molecule has 0 unspecified atom stereocenters. The van der Waals surface area contributed by atoms with E-state index in [4.69, 9.17) is 11.6 Å². The number of alkyl halides is 2. The van der Waals surface area contributed by atoms with Crippen molar-refractivity contribution in [3.05, 3.63) is 16.4 Å². The molecule has 1 N–H and O–H groups in total. The second-order valence-corrected chi connectivity index (χ2v) is 2.21. The number of nitrogens with zero attached hydrogens (tertiary/aromatic N) is 1. The van der Waals surface area contributed by atoms with E-state index in [0.29, 0.717) is 5.69 Å². The first-order chi connectivity index (χ1) is 4.63. The van der Waals surface area contributed by atoms with Crippen LogP contribution in [0.15, 0.2) is 0 Å². The van der Waals surface area contributed by atoms with E-state index in [2.05, 4.69) is 10.2 Å². The average molecular weight is 167 g/mol. The third kappa shape index (κ3) is 1.11. The number of halogens is 3. The minimum atomic E-state index is -2.55. The van der Waals surface area contributed by atoms with Crippen LogP contribution in [0.3, 0.4) is 0 Å². The van der Waals surface area contributed by atoms with Gasteiger partial charge in [0.1, 0.15) is 0 Å². The summed E-state index contributed by atoms with van der Waals surface area (Å²) in [6.07, 6.45) is -2.55. The number of rotatable bonds is 1. The third-order valence-electron chi connectivity index (χ3n) is 1.17. The van der Waals surface area contributed by atoms with Crippen LogP contribution in [-0.4, -0.2) is 10.2 Å². The first-order valence-electron chi connectivity index (χ1n) is 2.61. The monoisotopic (exact) mass is 166 g/mol. The lowest BCUT2D eigenvalue weighted by molar-refractivity contribution is 0.151. The minimum absolute atomic E-state index is 0.146. The highest BCUT2D eigenvalue weighted by Gasteiger charge is 2.17. The Hall–Kier alpha value is -0.640. The Labute approximate surface area is 61.2 Å². The maximum Gasteiger partial charge on any atom is 0.268 e. The molecule has 0 spiro atoms. The Morgan fingerprint density at radius 3 is 2.40 bits per heavy atom. The molecule has 0 fully saturated rings. The largest absolute Gasteiger partial charge is 0.281 e. The lowest BCUT2D eigenvalue weighted by atomic mass is 10.3. The third-order valence-corrected chi connectivity index (χ3v) is 1.45. The van der Waals surface area contributed by atoms with Crippen molar-refractivity contribution in [2.45, 2.75) is 13.3 Å². The van der Waals surface area contributed by atoms with Crippen LogP contribution in [0.1, 0.15) is 17.7 Å². The van der Waals surface area contributed by atoms with Crippen LogP contribution in [0.4, 0.5) is 8.78 Å². The molecule has 0 aliphatic heterocycles. The Bertz CT molecular complexity index is 214. The van der Waals surface area contributed by atoms with Gasteiger partial charge in [-0.1, -0.05) is 11.6 Å². The summed E-state index contributed by atoms with van der Waals surface area (Å²) >= 11 is 5.32. The van der Waals surface area contributed by atoms with Crippen LogP contribution >= 0.6 is 11.6 Å². The van der Waals surface area contributed by atoms with Gasteiger partial charge in [0.2, 0.25) is 0 Å². The van der Waals surface area contributed by atoms with E-state index < -0.39 is 6.43 Å². The van der Waals surface area contributed by atoms with Crippen LogP contribution in [0.5, 0.6) is 0 Å². The van der Waals surface area contributed by atoms with Crippen LogP contribution in [0.25, 0.3) is 0 Å². The predicted molar refractivity (Wildman–Crippen MR) is 33.3 cm³/mol. The topological polar surface area (TPSA) is 28.7 Å². The molecule has 0 aromatic carbocycles. The highest BCUT2D eigenvalue weighted by atomic mass is 35.5. The summed E-state index contributed by atoms with van der Waals surface area (Å²) < 4.78 is 24.0. The van der Waals surface area contributed by atoms with Gasteiger partial charge in [-0.2, -0.15) is 5.10 Å². The Balaban J connectivity index is 3.10. The van der Waals surface area contributed by atoms with Crippen molar-refractivity contribution in [1.29, 1.82) is 0 Å². The molecule has 0 atom stereocenters. The summed E-state index contributed by atoms with van der Waals surface area (Å²) in [6.45, 7) is 1.50. The van der Waals surface area contributed by atoms with Crippen molar-refractivity contribution in [3.8, 4) is 0 Å². The fourth-order valence-electron chi connectivity index (χ4n) is 0.662. The van der Waals surface area contributed by atoms with Gasteiger partial charge in [0, 0.05) is 5.69 Å². The van der Waals surface area contributed by atoms with Crippen LogP contribution in [-0.2, 0) is 0 Å². The van der Waals surface area contributed by atoms with Crippen molar-refractivity contribution in [2.75, 3.05) is 0 Å². The van der Waals surface area contributed by atoms with Gasteiger partial charge in [0.15, 0.2) is 5.15 Å². The Morgan fingerprint density at radius 2 is 2.20 bits per heavy atom. The van der Waals surface area contributed by atoms with E-state index >= 15 is 0 Å². The molecule has 0 saturated heterocycles. The fourth-order valence-corrected chi connectivity index (χ4v) is 0.928. The summed E-state index contributed by atoms with van der Waals surface area (Å²) in [7, 11) is 0. The lowest BCUT2D eigenvalue weighted by Gasteiger charge is -1.94. The van der Waals surface area contributed by atoms with Crippen LogP contribution in [0, 0.1) is 6.92 Å². The first kappa shape index (κ1) is 7.47. The highest BCUT2D eigenvalue weighted by molar-refractivity contribution is 6.30. The van der Waals surface area contributed by atoms with E-state index in [0.717, 1.165) is 0 Å². The van der Waals surface area contributed by atoms with Crippen molar-refractivity contribution >= 4 is 11.6 Å². The normalized spacial score (nSPS) is 10.9. The van der Waals surface area contributed by atoms with Gasteiger partial charge in [0.05, 0.1) is 5.56 Å². The standard InChI is InChI=1S/C5H5ClF2N2/c1-2-3(5(7)8)4(6)10-9-2/h5H,1H3,(H,9,10). The van der Waals surface area contributed by atoms with Gasteiger partial charge in [-0.3, -0.25) is 5.10 Å². The number of aromatic amines is 1. The fraction of sp³-hybridized carbons (Fsp3) is 0.400. The van der Waals surface area contributed by atoms with E-state index in [-0.39, 0.29) is 10.7 Å². The lowest BCUT2D eigenvalue weighted by Crippen LogP contribution is -1.84. The van der Waals surface area contributed by atoms with Gasteiger partial charge in [-0.05, 0) is 6.92 Å². The number of aromatic nitrogens is 2. The molecule has 0 radical (unpaired) electrons. The zero-order valence-corrected chi connectivity index (χ0v) is 5.91. The van der Waals surface area contributed by atoms with Gasteiger partial charge >= 0.3 is 0 Å². The summed E-state index contributed by atoms with van der Waals surface area (Å²) in [5.74, 6) is 0. The second-order valence-electron chi connectivity index (χ2n) is 1.85. The zero-order chi connectivity index (χ0) is 7.72. The highest BCUT2D eigenvalue weighted by Crippen LogP contribution is 2.27. The maximum atomic E-state index is 12.0. The van der Waals surface area contributed by atoms with E-state index in [1.807, 2.05) is 0 Å². The summed E-state index contributed by atoms with van der Waals surface area (Å²) in [5, 5.41) is 5.61. The molecule has 1 heterocycles. The van der Waals surface area contributed by atoms with Gasteiger partial charge < -0.3 is 0 Å². The molecular weight excluding hydrogens is 162 g/mol. The number of nitrogens with one attached hydrogen (secondary N) is 1. The predicted octanol–water partition coefficient (Wildman–Crippen LogP) is 2.31. The average Bonchev–Trinajstić information content (AvgIpc) is 2.11. The molecule has 1 aromatic rings. The van der Waals surface area contributed by atoms with Gasteiger partial charge in [0.25, 0.3) is 6.43 Å². The van der Waals surface area contributed by atoms with Gasteiger partial charge in [-0.15, -0.1) is 0 Å². The SMILES string of the molecule is Cc1[nH]nc(Cl)c1C(F)F. The second kappa shape index (κ2) is 2.54. The van der Waals surface area contributed by atoms with Crippen molar-refractivity contribution in [2.24, 2.45) is 0 Å². The molecule has 2 nitrogen and oxygen atoms in total. The molecule has 0 aliphatic carbocycles. The van der Waals surface area contributed by atoms with Crippen molar-refractivity contribution in [3.63, 3.8) is 0 Å². The first-order valence-corrected chi connectivity index (χ1v) is 2.99. The smallest absolute Gasteiger partial charge is 0.268 e. The number of hydrogen-bond acceptors (Lipinski definition) is 1. The molecule has 10 heavy (non-hydrogen) atoms. The van der Waals surface area contributed by atoms with Crippen LogP contribution in [0.2, 0.25) is 5.15 Å². The molecule has 1 rings (SSSR count). The molecule has 0 aliphatic rings. The molecule has 5 heteroatoms. The van der Waals surface area contributed by atoms with Crippen molar-refractivity contribution in [1.82, 2.24) is 10.2 Å². The molecule has 0 amide bonds. The number of H-pyrrole nitrogens is 1. The quantitative estimate of drug-likeness (QED) is 0.682. The molecule has 56 valence electrons. The number of aryl methyl sites for hydroxylation is 1. The summed E-state index contributed by atoms with van der Waals surface area (Å²) in [5.41, 5.74) is 0.113. The molecule has 0 saturated carbocycles. The summed E-state index contributed by atoms with van der Waals surface area (Å²) in [4.78, 5) is 0. The summed E-state index contributed by atoms with van der Waals surface area (Å²) in [6, 6.07) is 0. The maximum absolute atomic E-state index is 12.0. The van der Waals surface area contributed by atoms with E-state index in [1.54, 1.807) is 0 Å². The van der Waals surface area contributed by atoms with Crippen molar-refractivity contribution < 1.29 is 8.78 Å². The Morgan fingerprint density at radius 1 is 1.60 bits per heavy atom. The Kier molecular flexibility index (Phi) is 1.89. The van der Waals surface area contributed by atoms with E-state index in [9.17, 15) is 8.78 Å². The number of hydrogen-bond donors (Lipinski definition) is 1. The zero-order valence-electron chi connectivity index (χ0n) is 5.16. The minimum Gasteiger partial charge on any atom is -0.281 e. The van der Waals surface area contributed by atoms with Crippen LogP contribution < -0.4 is 0 Å². The van der Waals surface area contributed by atoms with Gasteiger partial charge in [-0.25, -0.2) is 8.78 Å². The molecule has 1 aromatic heterocycles. The molecular formula is C5H5ClF2N2. The molecule has 0 bridgehead atoms.